The maximum Gasteiger partial charge on any atom is 0.127 e. The number of aromatic nitrogens is 1. The van der Waals surface area contributed by atoms with Crippen LogP contribution in [-0.2, 0) is 6.42 Å². The van der Waals surface area contributed by atoms with E-state index in [1.54, 1.807) is 6.26 Å². The minimum Gasteiger partial charge on any atom is -0.469 e. The van der Waals surface area contributed by atoms with E-state index in [0.717, 1.165) is 29.4 Å². The van der Waals surface area contributed by atoms with E-state index >= 15 is 0 Å². The predicted octanol–water partition coefficient (Wildman–Crippen LogP) is 4.13. The number of hydrogen-bond donors (Lipinski definition) is 1. The lowest BCUT2D eigenvalue weighted by molar-refractivity contribution is 0.502. The van der Waals surface area contributed by atoms with E-state index in [-0.39, 0.29) is 0 Å². The summed E-state index contributed by atoms with van der Waals surface area (Å²) in [4.78, 5) is 6.41. The van der Waals surface area contributed by atoms with Crippen LogP contribution in [0.3, 0.4) is 0 Å². The maximum atomic E-state index is 5.41. The Morgan fingerprint density at radius 3 is 3.15 bits per heavy atom. The van der Waals surface area contributed by atoms with Crippen LogP contribution in [0.1, 0.15) is 48.4 Å². The fourth-order valence-corrected chi connectivity index (χ4v) is 4.14. The number of thiazole rings is 1. The Hall–Kier alpha value is -1.13. The molecule has 2 aromatic heterocycles. The molecule has 3 rings (SSSR count). The van der Waals surface area contributed by atoms with Gasteiger partial charge in [-0.25, -0.2) is 4.98 Å². The van der Waals surface area contributed by atoms with Crippen LogP contribution >= 0.6 is 11.3 Å². The smallest absolute Gasteiger partial charge is 0.127 e. The first kappa shape index (κ1) is 13.8. The zero-order valence-electron chi connectivity index (χ0n) is 12.2. The van der Waals surface area contributed by atoms with Gasteiger partial charge in [-0.1, -0.05) is 6.92 Å². The van der Waals surface area contributed by atoms with Crippen molar-refractivity contribution in [3.8, 4) is 10.6 Å². The van der Waals surface area contributed by atoms with Gasteiger partial charge in [0.15, 0.2) is 0 Å². The molecule has 3 nitrogen and oxygen atoms in total. The molecule has 0 aliphatic heterocycles. The molecule has 0 saturated carbocycles. The van der Waals surface area contributed by atoms with Crippen LogP contribution in [0.5, 0.6) is 0 Å². The molecular weight excluding hydrogens is 268 g/mol. The Labute approximate surface area is 124 Å². The predicted molar refractivity (Wildman–Crippen MR) is 83.4 cm³/mol. The minimum atomic E-state index is 0.586. The van der Waals surface area contributed by atoms with Gasteiger partial charge in [-0.15, -0.1) is 11.3 Å². The normalized spacial score (nSPS) is 18.2. The molecule has 1 unspecified atom stereocenters. The van der Waals surface area contributed by atoms with Crippen LogP contribution in [0.25, 0.3) is 10.6 Å². The van der Waals surface area contributed by atoms with E-state index in [9.17, 15) is 0 Å². The molecule has 0 bridgehead atoms. The quantitative estimate of drug-likeness (QED) is 0.841. The maximum absolute atomic E-state index is 5.41. The summed E-state index contributed by atoms with van der Waals surface area (Å²) in [5.41, 5.74) is 2.49. The summed E-state index contributed by atoms with van der Waals surface area (Å²) in [5.74, 6) is 1.55. The molecule has 0 fully saturated rings. The highest BCUT2D eigenvalue weighted by Crippen LogP contribution is 2.38. The highest BCUT2D eigenvalue weighted by atomic mass is 32.1. The molecule has 20 heavy (non-hydrogen) atoms. The topological polar surface area (TPSA) is 38.1 Å². The van der Waals surface area contributed by atoms with Crippen molar-refractivity contribution in [1.82, 2.24) is 10.3 Å². The summed E-state index contributed by atoms with van der Waals surface area (Å²) in [6, 6.07) is 2.03. The first-order valence-electron chi connectivity index (χ1n) is 7.54. The van der Waals surface area contributed by atoms with E-state index in [2.05, 4.69) is 12.2 Å². The fraction of sp³-hybridized carbons (Fsp3) is 0.562. The third-order valence-corrected chi connectivity index (χ3v) is 5.14. The molecule has 2 heterocycles. The van der Waals surface area contributed by atoms with Crippen molar-refractivity contribution in [3.63, 3.8) is 0 Å². The van der Waals surface area contributed by atoms with Crippen molar-refractivity contribution in [2.75, 3.05) is 13.1 Å². The first-order valence-corrected chi connectivity index (χ1v) is 8.36. The monoisotopic (exact) mass is 290 g/mol. The molecule has 108 valence electrons. The number of rotatable bonds is 5. The molecule has 0 amide bonds. The number of furan rings is 1. The van der Waals surface area contributed by atoms with Crippen molar-refractivity contribution in [3.05, 3.63) is 28.7 Å². The average molecular weight is 290 g/mol. The van der Waals surface area contributed by atoms with Crippen LogP contribution in [0.4, 0.5) is 0 Å². The second-order valence-corrected chi connectivity index (χ2v) is 6.59. The molecule has 2 aromatic rings. The van der Waals surface area contributed by atoms with Gasteiger partial charge in [-0.3, -0.25) is 0 Å². The van der Waals surface area contributed by atoms with Crippen LogP contribution in [-0.4, -0.2) is 18.1 Å². The van der Waals surface area contributed by atoms with Gasteiger partial charge in [-0.2, -0.15) is 0 Å². The summed E-state index contributed by atoms with van der Waals surface area (Å²) >= 11 is 1.85. The Kier molecular flexibility index (Phi) is 4.22. The Balaban J connectivity index is 1.83. The summed E-state index contributed by atoms with van der Waals surface area (Å²) in [6.07, 6.45) is 6.68. The van der Waals surface area contributed by atoms with E-state index in [4.69, 9.17) is 9.40 Å². The third kappa shape index (κ3) is 2.67. The van der Waals surface area contributed by atoms with Crippen molar-refractivity contribution in [2.24, 2.45) is 0 Å². The lowest BCUT2D eigenvalue weighted by Crippen LogP contribution is -2.24. The second kappa shape index (κ2) is 6.10. The molecule has 0 saturated heterocycles. The average Bonchev–Trinajstić information content (AvgIpc) is 3.05. The molecule has 1 aliphatic rings. The Morgan fingerprint density at radius 2 is 2.40 bits per heavy atom. The van der Waals surface area contributed by atoms with Crippen molar-refractivity contribution >= 4 is 11.3 Å². The van der Waals surface area contributed by atoms with Crippen molar-refractivity contribution in [2.45, 2.75) is 45.4 Å². The molecular formula is C16H22N2OS. The van der Waals surface area contributed by atoms with E-state index in [0.29, 0.717) is 5.92 Å². The van der Waals surface area contributed by atoms with Crippen LogP contribution < -0.4 is 5.32 Å². The standard InChI is InChI=1S/C16H22N2OS/c1-3-8-17-10-12-5-4-6-14-15(12)18-16(20-14)13-7-9-19-11(13)2/h7,9,12,17H,3-6,8,10H2,1-2H3. The molecule has 4 heteroatoms. The van der Waals surface area contributed by atoms with E-state index < -0.39 is 0 Å². The van der Waals surface area contributed by atoms with Gasteiger partial charge in [0, 0.05) is 17.3 Å². The molecule has 0 radical (unpaired) electrons. The van der Waals surface area contributed by atoms with Crippen LogP contribution in [0, 0.1) is 6.92 Å². The molecule has 1 N–H and O–H groups in total. The number of hydrogen-bond acceptors (Lipinski definition) is 4. The van der Waals surface area contributed by atoms with Crippen LogP contribution in [0.15, 0.2) is 16.7 Å². The molecule has 0 spiro atoms. The lowest BCUT2D eigenvalue weighted by Gasteiger charge is -2.21. The fourth-order valence-electron chi connectivity index (χ4n) is 2.88. The van der Waals surface area contributed by atoms with Gasteiger partial charge < -0.3 is 9.73 Å². The third-order valence-electron chi connectivity index (χ3n) is 3.98. The van der Waals surface area contributed by atoms with Gasteiger partial charge >= 0.3 is 0 Å². The molecule has 1 atom stereocenters. The SMILES string of the molecule is CCCNCC1CCCc2sc(-c3ccoc3C)nc21. The van der Waals surface area contributed by atoms with Gasteiger partial charge in [0.1, 0.15) is 10.8 Å². The summed E-state index contributed by atoms with van der Waals surface area (Å²) in [6.45, 7) is 6.38. The minimum absolute atomic E-state index is 0.586. The zero-order chi connectivity index (χ0) is 13.9. The molecule has 1 aliphatic carbocycles. The number of nitrogens with zero attached hydrogens (tertiary/aromatic N) is 1. The van der Waals surface area contributed by atoms with Gasteiger partial charge in [0.2, 0.25) is 0 Å². The van der Waals surface area contributed by atoms with Crippen molar-refractivity contribution < 1.29 is 4.42 Å². The van der Waals surface area contributed by atoms with Gasteiger partial charge in [0.05, 0.1) is 17.5 Å². The van der Waals surface area contributed by atoms with Gasteiger partial charge in [-0.05, 0) is 45.2 Å². The van der Waals surface area contributed by atoms with Gasteiger partial charge in [0.25, 0.3) is 0 Å². The van der Waals surface area contributed by atoms with E-state index in [1.807, 2.05) is 24.3 Å². The number of fused-ring (bicyclic) bond motifs is 1. The van der Waals surface area contributed by atoms with Crippen molar-refractivity contribution in [1.29, 1.82) is 0 Å². The second-order valence-electron chi connectivity index (χ2n) is 5.51. The van der Waals surface area contributed by atoms with Crippen LogP contribution in [0.2, 0.25) is 0 Å². The van der Waals surface area contributed by atoms with E-state index in [1.165, 1.54) is 36.3 Å². The zero-order valence-corrected chi connectivity index (χ0v) is 13.1. The summed E-state index contributed by atoms with van der Waals surface area (Å²) in [7, 11) is 0. The highest BCUT2D eigenvalue weighted by molar-refractivity contribution is 7.15. The highest BCUT2D eigenvalue weighted by Gasteiger charge is 2.25. The summed E-state index contributed by atoms with van der Waals surface area (Å²) < 4.78 is 5.41. The largest absolute Gasteiger partial charge is 0.469 e. The first-order chi connectivity index (χ1) is 9.79. The summed E-state index contributed by atoms with van der Waals surface area (Å²) in [5, 5.41) is 4.68. The Bertz CT molecular complexity index is 573. The Morgan fingerprint density at radius 1 is 1.50 bits per heavy atom. The molecule has 0 aromatic carbocycles. The number of aryl methyl sites for hydroxylation is 2. The lowest BCUT2D eigenvalue weighted by atomic mass is 9.91. The number of nitrogens with one attached hydrogen (secondary N) is 1.